The van der Waals surface area contributed by atoms with Gasteiger partial charge in [-0.25, -0.2) is 4.79 Å². The van der Waals surface area contributed by atoms with Gasteiger partial charge in [0.2, 0.25) is 11.8 Å². The molecule has 0 spiro atoms. The first-order valence-corrected chi connectivity index (χ1v) is 8.13. The van der Waals surface area contributed by atoms with Gasteiger partial charge in [0.15, 0.2) is 0 Å². The number of aliphatic carboxylic acids is 1. The van der Waals surface area contributed by atoms with Crippen LogP contribution in [0.1, 0.15) is 45.1 Å². The van der Waals surface area contributed by atoms with Crippen LogP contribution in [0.15, 0.2) is 30.3 Å². The summed E-state index contributed by atoms with van der Waals surface area (Å²) in [4.78, 5) is 34.8. The van der Waals surface area contributed by atoms with E-state index in [1.165, 1.54) is 0 Å². The number of carboxylic acid groups (broad SMARTS) is 1. The number of carboxylic acids is 1. The van der Waals surface area contributed by atoms with Crippen molar-refractivity contribution >= 4 is 17.8 Å². The number of amides is 2. The van der Waals surface area contributed by atoms with E-state index < -0.39 is 17.9 Å². The Bertz CT molecular complexity index is 557. The second-order valence-electron chi connectivity index (χ2n) is 6.38. The Labute approximate surface area is 142 Å². The highest BCUT2D eigenvalue weighted by Gasteiger charge is 2.21. The number of hydrogen-bond acceptors (Lipinski definition) is 3. The molecule has 1 rings (SSSR count). The number of hydrogen-bond donors (Lipinski definition) is 3. The zero-order valence-electron chi connectivity index (χ0n) is 14.4. The Kier molecular flexibility index (Phi) is 7.95. The van der Waals surface area contributed by atoms with Crippen LogP contribution in [0.5, 0.6) is 0 Å². The van der Waals surface area contributed by atoms with Crippen molar-refractivity contribution in [2.24, 2.45) is 5.92 Å². The van der Waals surface area contributed by atoms with E-state index in [9.17, 15) is 14.4 Å². The molecule has 6 nitrogen and oxygen atoms in total. The zero-order chi connectivity index (χ0) is 18.1. The number of carbonyl (C=O) groups is 3. The monoisotopic (exact) mass is 334 g/mol. The van der Waals surface area contributed by atoms with Gasteiger partial charge in [0.25, 0.3) is 0 Å². The summed E-state index contributed by atoms with van der Waals surface area (Å²) in [5.74, 6) is -1.61. The summed E-state index contributed by atoms with van der Waals surface area (Å²) in [6.07, 6.45) is 0.617. The number of benzene rings is 1. The molecule has 0 heterocycles. The third-order valence-corrected chi connectivity index (χ3v) is 3.65. The molecule has 6 heteroatoms. The second kappa shape index (κ2) is 9.70. The van der Waals surface area contributed by atoms with Crippen LogP contribution in [0.4, 0.5) is 0 Å². The summed E-state index contributed by atoms with van der Waals surface area (Å²) in [5, 5.41) is 14.1. The molecule has 0 radical (unpaired) electrons. The van der Waals surface area contributed by atoms with Gasteiger partial charge in [-0.2, -0.15) is 0 Å². The fourth-order valence-electron chi connectivity index (χ4n) is 2.37. The Balaban J connectivity index is 2.40. The van der Waals surface area contributed by atoms with Crippen molar-refractivity contribution in [1.29, 1.82) is 0 Å². The summed E-state index contributed by atoms with van der Waals surface area (Å²) in [5.41, 5.74) is 1.06. The van der Waals surface area contributed by atoms with E-state index >= 15 is 0 Å². The molecule has 0 fully saturated rings. The minimum atomic E-state index is -1.07. The average molecular weight is 334 g/mol. The van der Waals surface area contributed by atoms with Crippen LogP contribution in [0.2, 0.25) is 0 Å². The summed E-state index contributed by atoms with van der Waals surface area (Å²) in [6.45, 7) is 5.49. The van der Waals surface area contributed by atoms with Crippen LogP contribution in [0.25, 0.3) is 0 Å². The van der Waals surface area contributed by atoms with E-state index in [0.717, 1.165) is 5.56 Å². The fraction of sp³-hybridized carbons (Fsp3) is 0.500. The molecule has 24 heavy (non-hydrogen) atoms. The molecule has 0 aliphatic carbocycles. The standard InChI is InChI=1S/C18H26N2O4/c1-12(2)9-15(18(23)24)20-17(22)11-19-16(21)10-13(3)14-7-5-4-6-8-14/h4-8,12-13,15H,9-11H2,1-3H3,(H,19,21)(H,20,22)(H,23,24). The quantitative estimate of drug-likeness (QED) is 0.643. The summed E-state index contributed by atoms with van der Waals surface area (Å²) < 4.78 is 0. The SMILES string of the molecule is CC(C)CC(NC(=O)CNC(=O)CC(C)c1ccccc1)C(=O)O. The van der Waals surface area contributed by atoms with Gasteiger partial charge in [0.1, 0.15) is 6.04 Å². The first-order chi connectivity index (χ1) is 11.3. The molecule has 2 atom stereocenters. The van der Waals surface area contributed by atoms with Crippen LogP contribution in [-0.2, 0) is 14.4 Å². The lowest BCUT2D eigenvalue weighted by Gasteiger charge is -2.17. The van der Waals surface area contributed by atoms with Crippen LogP contribution in [-0.4, -0.2) is 35.5 Å². The van der Waals surface area contributed by atoms with Gasteiger partial charge in [0.05, 0.1) is 6.54 Å². The van der Waals surface area contributed by atoms with E-state index in [2.05, 4.69) is 10.6 Å². The molecule has 0 aromatic heterocycles. The molecule has 0 aliphatic heterocycles. The largest absolute Gasteiger partial charge is 0.480 e. The van der Waals surface area contributed by atoms with Crippen LogP contribution in [0.3, 0.4) is 0 Å². The third-order valence-electron chi connectivity index (χ3n) is 3.65. The Morgan fingerprint density at radius 1 is 1.04 bits per heavy atom. The average Bonchev–Trinajstić information content (AvgIpc) is 2.52. The van der Waals surface area contributed by atoms with Crippen molar-refractivity contribution in [2.45, 2.75) is 45.6 Å². The molecule has 0 saturated carbocycles. The zero-order valence-corrected chi connectivity index (χ0v) is 14.4. The summed E-state index contributed by atoms with van der Waals surface area (Å²) in [7, 11) is 0. The van der Waals surface area contributed by atoms with Gasteiger partial charge < -0.3 is 15.7 Å². The molecule has 0 aliphatic rings. The molecule has 0 saturated heterocycles. The lowest BCUT2D eigenvalue weighted by atomic mass is 9.98. The molecule has 0 bridgehead atoms. The maximum absolute atomic E-state index is 11.9. The number of nitrogens with one attached hydrogen (secondary N) is 2. The van der Waals surface area contributed by atoms with Crippen LogP contribution >= 0.6 is 0 Å². The van der Waals surface area contributed by atoms with Gasteiger partial charge in [-0.1, -0.05) is 51.1 Å². The van der Waals surface area contributed by atoms with Gasteiger partial charge in [-0.3, -0.25) is 9.59 Å². The lowest BCUT2D eigenvalue weighted by molar-refractivity contribution is -0.142. The van der Waals surface area contributed by atoms with Gasteiger partial charge >= 0.3 is 5.97 Å². The minimum absolute atomic E-state index is 0.0435. The van der Waals surface area contributed by atoms with E-state index in [1.807, 2.05) is 51.1 Å². The number of carbonyl (C=O) groups excluding carboxylic acids is 2. The number of rotatable bonds is 9. The lowest BCUT2D eigenvalue weighted by Crippen LogP contribution is -2.46. The van der Waals surface area contributed by atoms with Crippen molar-refractivity contribution in [3.05, 3.63) is 35.9 Å². The molecule has 3 N–H and O–H groups in total. The Morgan fingerprint density at radius 2 is 1.67 bits per heavy atom. The van der Waals surface area contributed by atoms with Crippen molar-refractivity contribution in [1.82, 2.24) is 10.6 Å². The fourth-order valence-corrected chi connectivity index (χ4v) is 2.37. The van der Waals surface area contributed by atoms with Crippen LogP contribution < -0.4 is 10.6 Å². The molecular formula is C18H26N2O4. The Morgan fingerprint density at radius 3 is 2.21 bits per heavy atom. The second-order valence-corrected chi connectivity index (χ2v) is 6.38. The van der Waals surface area contributed by atoms with E-state index in [4.69, 9.17) is 5.11 Å². The maximum atomic E-state index is 11.9. The predicted molar refractivity (Wildman–Crippen MR) is 91.5 cm³/mol. The van der Waals surface area contributed by atoms with Crippen molar-refractivity contribution in [3.63, 3.8) is 0 Å². The summed E-state index contributed by atoms with van der Waals surface area (Å²) in [6, 6.07) is 8.71. The van der Waals surface area contributed by atoms with E-state index in [0.29, 0.717) is 6.42 Å². The molecule has 1 aromatic rings. The highest BCUT2D eigenvalue weighted by molar-refractivity contribution is 5.88. The van der Waals surface area contributed by atoms with Gasteiger partial charge in [0, 0.05) is 6.42 Å². The van der Waals surface area contributed by atoms with Gasteiger partial charge in [-0.05, 0) is 23.8 Å². The van der Waals surface area contributed by atoms with Crippen molar-refractivity contribution in [2.75, 3.05) is 6.54 Å². The first kappa shape index (κ1) is 19.7. The first-order valence-electron chi connectivity index (χ1n) is 8.13. The van der Waals surface area contributed by atoms with Crippen LogP contribution in [0, 0.1) is 5.92 Å². The molecular weight excluding hydrogens is 308 g/mol. The highest BCUT2D eigenvalue weighted by Crippen LogP contribution is 2.17. The predicted octanol–water partition coefficient (Wildman–Crippen LogP) is 1.91. The minimum Gasteiger partial charge on any atom is -0.480 e. The molecule has 1 aromatic carbocycles. The molecule has 2 amide bonds. The maximum Gasteiger partial charge on any atom is 0.326 e. The summed E-state index contributed by atoms with van der Waals surface area (Å²) >= 11 is 0. The smallest absolute Gasteiger partial charge is 0.326 e. The molecule has 132 valence electrons. The van der Waals surface area contributed by atoms with Crippen molar-refractivity contribution < 1.29 is 19.5 Å². The van der Waals surface area contributed by atoms with E-state index in [-0.39, 0.29) is 30.7 Å². The molecule has 2 unspecified atom stereocenters. The highest BCUT2D eigenvalue weighted by atomic mass is 16.4. The topological polar surface area (TPSA) is 95.5 Å². The third kappa shape index (κ3) is 7.26. The van der Waals surface area contributed by atoms with Gasteiger partial charge in [-0.15, -0.1) is 0 Å². The normalized spacial score (nSPS) is 13.2. The van der Waals surface area contributed by atoms with E-state index in [1.54, 1.807) is 0 Å². The van der Waals surface area contributed by atoms with Crippen molar-refractivity contribution in [3.8, 4) is 0 Å². The Hall–Kier alpha value is -2.37.